The van der Waals surface area contributed by atoms with E-state index in [1.807, 2.05) is 0 Å². The van der Waals surface area contributed by atoms with Crippen molar-refractivity contribution in [2.24, 2.45) is 11.8 Å². The van der Waals surface area contributed by atoms with Crippen LogP contribution in [0.5, 0.6) is 0 Å². The highest BCUT2D eigenvalue weighted by atomic mass is 16.6. The summed E-state index contributed by atoms with van der Waals surface area (Å²) in [6.07, 6.45) is 3.88. The number of hydrogen-bond acceptors (Lipinski definition) is 2. The Morgan fingerprint density at radius 1 is 1.40 bits per heavy atom. The standard InChI is InChI=1S/C8H10O2/c9-5-1-4-2-7-8(10-7)6(4)3-5/h4,6-8H,1-3H2. The number of ether oxygens (including phenoxy) is 1. The van der Waals surface area contributed by atoms with Crippen molar-refractivity contribution in [1.82, 2.24) is 0 Å². The average molecular weight is 138 g/mol. The van der Waals surface area contributed by atoms with Crippen LogP contribution < -0.4 is 0 Å². The van der Waals surface area contributed by atoms with Crippen LogP contribution in [0.25, 0.3) is 0 Å². The molecule has 1 heterocycles. The topological polar surface area (TPSA) is 29.6 Å². The summed E-state index contributed by atoms with van der Waals surface area (Å²) in [5.41, 5.74) is 0. The zero-order valence-corrected chi connectivity index (χ0v) is 5.75. The van der Waals surface area contributed by atoms with Crippen molar-refractivity contribution in [3.63, 3.8) is 0 Å². The zero-order valence-electron chi connectivity index (χ0n) is 5.75. The Labute approximate surface area is 59.6 Å². The van der Waals surface area contributed by atoms with Crippen LogP contribution >= 0.6 is 0 Å². The highest BCUT2D eigenvalue weighted by Gasteiger charge is 2.58. The molecule has 0 amide bonds. The van der Waals surface area contributed by atoms with Gasteiger partial charge in [-0.15, -0.1) is 0 Å². The molecular weight excluding hydrogens is 128 g/mol. The van der Waals surface area contributed by atoms with Crippen LogP contribution in [0, 0.1) is 11.8 Å². The quantitative estimate of drug-likeness (QED) is 0.462. The molecule has 0 aromatic carbocycles. The van der Waals surface area contributed by atoms with Gasteiger partial charge in [-0.2, -0.15) is 0 Å². The fourth-order valence-corrected chi connectivity index (χ4v) is 2.62. The summed E-state index contributed by atoms with van der Waals surface area (Å²) < 4.78 is 5.36. The Morgan fingerprint density at radius 2 is 2.30 bits per heavy atom. The van der Waals surface area contributed by atoms with Crippen LogP contribution in [-0.4, -0.2) is 18.0 Å². The Bertz CT molecular complexity index is 199. The van der Waals surface area contributed by atoms with Gasteiger partial charge >= 0.3 is 0 Å². The molecule has 1 saturated heterocycles. The second-order valence-corrected chi connectivity index (χ2v) is 3.75. The van der Waals surface area contributed by atoms with E-state index in [0.717, 1.165) is 12.8 Å². The van der Waals surface area contributed by atoms with Crippen molar-refractivity contribution < 1.29 is 9.53 Å². The summed E-state index contributed by atoms with van der Waals surface area (Å²) in [4.78, 5) is 11.0. The van der Waals surface area contributed by atoms with Crippen molar-refractivity contribution in [2.75, 3.05) is 0 Å². The van der Waals surface area contributed by atoms with Crippen LogP contribution in [0.4, 0.5) is 0 Å². The van der Waals surface area contributed by atoms with Gasteiger partial charge in [0.25, 0.3) is 0 Å². The van der Waals surface area contributed by atoms with Crippen LogP contribution in [-0.2, 0) is 9.53 Å². The molecule has 2 heteroatoms. The lowest BCUT2D eigenvalue weighted by molar-refractivity contribution is -0.117. The molecule has 0 spiro atoms. The Morgan fingerprint density at radius 3 is 3.10 bits per heavy atom. The van der Waals surface area contributed by atoms with Crippen molar-refractivity contribution in [2.45, 2.75) is 31.5 Å². The van der Waals surface area contributed by atoms with Gasteiger partial charge in [-0.1, -0.05) is 0 Å². The number of rotatable bonds is 0. The number of epoxide rings is 1. The van der Waals surface area contributed by atoms with E-state index in [1.54, 1.807) is 0 Å². The molecule has 4 atom stereocenters. The van der Waals surface area contributed by atoms with Crippen LogP contribution in [0.3, 0.4) is 0 Å². The minimum Gasteiger partial charge on any atom is -0.369 e. The van der Waals surface area contributed by atoms with Crippen LogP contribution in [0.2, 0.25) is 0 Å². The van der Waals surface area contributed by atoms with E-state index in [0.29, 0.717) is 29.8 Å². The maximum atomic E-state index is 11.0. The molecule has 3 fully saturated rings. The number of carbonyl (C=O) groups is 1. The molecule has 2 nitrogen and oxygen atoms in total. The van der Waals surface area contributed by atoms with Crippen molar-refractivity contribution in [3.05, 3.63) is 0 Å². The molecule has 0 radical (unpaired) electrons. The lowest BCUT2D eigenvalue weighted by atomic mass is 10.00. The first-order valence-electron chi connectivity index (χ1n) is 4.02. The molecule has 0 aromatic heterocycles. The summed E-state index contributed by atoms with van der Waals surface area (Å²) in [5, 5.41) is 0. The van der Waals surface area contributed by atoms with E-state index in [2.05, 4.69) is 0 Å². The first-order chi connectivity index (χ1) is 4.84. The first-order valence-corrected chi connectivity index (χ1v) is 4.02. The van der Waals surface area contributed by atoms with Gasteiger partial charge in [-0.25, -0.2) is 0 Å². The molecule has 2 saturated carbocycles. The van der Waals surface area contributed by atoms with E-state index >= 15 is 0 Å². The summed E-state index contributed by atoms with van der Waals surface area (Å²) >= 11 is 0. The van der Waals surface area contributed by atoms with Crippen LogP contribution in [0.15, 0.2) is 0 Å². The molecule has 10 heavy (non-hydrogen) atoms. The van der Waals surface area contributed by atoms with Gasteiger partial charge in [0, 0.05) is 12.8 Å². The molecular formula is C8H10O2. The van der Waals surface area contributed by atoms with Gasteiger partial charge in [0.2, 0.25) is 0 Å². The highest BCUT2D eigenvalue weighted by molar-refractivity contribution is 5.81. The highest BCUT2D eigenvalue weighted by Crippen LogP contribution is 2.52. The van der Waals surface area contributed by atoms with Crippen LogP contribution in [0.1, 0.15) is 19.3 Å². The van der Waals surface area contributed by atoms with Gasteiger partial charge in [0.05, 0.1) is 12.2 Å². The zero-order chi connectivity index (χ0) is 6.72. The lowest BCUT2D eigenvalue weighted by Gasteiger charge is -2.08. The predicted molar refractivity (Wildman–Crippen MR) is 34.5 cm³/mol. The summed E-state index contributed by atoms with van der Waals surface area (Å²) in [5.74, 6) is 1.79. The van der Waals surface area contributed by atoms with E-state index in [4.69, 9.17) is 4.74 Å². The van der Waals surface area contributed by atoms with Gasteiger partial charge in [0.1, 0.15) is 5.78 Å². The molecule has 2 aliphatic carbocycles. The van der Waals surface area contributed by atoms with Crippen molar-refractivity contribution >= 4 is 5.78 Å². The largest absolute Gasteiger partial charge is 0.369 e. The minimum atomic E-state index is 0.462. The molecule has 0 bridgehead atoms. The molecule has 4 unspecified atom stereocenters. The molecule has 3 aliphatic rings. The molecule has 54 valence electrons. The average Bonchev–Trinajstić information content (AvgIpc) is 2.40. The number of ketones is 1. The number of hydrogen-bond donors (Lipinski definition) is 0. The Balaban J connectivity index is 1.88. The molecule has 0 N–H and O–H groups in total. The fraction of sp³-hybridized carbons (Fsp3) is 0.875. The normalized spacial score (nSPS) is 56.6. The molecule has 3 rings (SSSR count). The van der Waals surface area contributed by atoms with E-state index in [1.165, 1.54) is 6.42 Å². The van der Waals surface area contributed by atoms with E-state index in [9.17, 15) is 4.79 Å². The second-order valence-electron chi connectivity index (χ2n) is 3.75. The van der Waals surface area contributed by atoms with E-state index < -0.39 is 0 Å². The summed E-state index contributed by atoms with van der Waals surface area (Å²) in [7, 11) is 0. The first kappa shape index (κ1) is 5.30. The third-order valence-corrected chi connectivity index (χ3v) is 3.14. The maximum Gasteiger partial charge on any atom is 0.133 e. The number of carbonyl (C=O) groups excluding carboxylic acids is 1. The van der Waals surface area contributed by atoms with Gasteiger partial charge in [-0.05, 0) is 18.3 Å². The third kappa shape index (κ3) is 0.511. The Hall–Kier alpha value is -0.370. The monoisotopic (exact) mass is 138 g/mol. The fourth-order valence-electron chi connectivity index (χ4n) is 2.62. The predicted octanol–water partition coefficient (Wildman–Crippen LogP) is 0.753. The van der Waals surface area contributed by atoms with E-state index in [-0.39, 0.29) is 0 Å². The summed E-state index contributed by atoms with van der Waals surface area (Å²) in [6, 6.07) is 0. The lowest BCUT2D eigenvalue weighted by Crippen LogP contribution is -2.06. The van der Waals surface area contributed by atoms with Gasteiger partial charge in [-0.3, -0.25) is 4.79 Å². The third-order valence-electron chi connectivity index (χ3n) is 3.14. The molecule has 1 aliphatic heterocycles. The van der Waals surface area contributed by atoms with Crippen molar-refractivity contribution in [3.8, 4) is 0 Å². The van der Waals surface area contributed by atoms with Crippen molar-refractivity contribution in [1.29, 1.82) is 0 Å². The maximum absolute atomic E-state index is 11.0. The smallest absolute Gasteiger partial charge is 0.133 e. The van der Waals surface area contributed by atoms with Gasteiger partial charge < -0.3 is 4.74 Å². The number of Topliss-reactive ketones (excluding diaryl/α,β-unsaturated/α-hetero) is 1. The Kier molecular flexibility index (Phi) is 0.768. The van der Waals surface area contributed by atoms with Gasteiger partial charge in [0.15, 0.2) is 0 Å². The minimum absolute atomic E-state index is 0.462. The SMILES string of the molecule is O=C1CC2CC3OC3C2C1. The molecule has 0 aromatic rings. The summed E-state index contributed by atoms with van der Waals surface area (Å²) in [6.45, 7) is 0. The second kappa shape index (κ2) is 1.45. The number of fused-ring (bicyclic) bond motifs is 3.